The molecule has 4 nitrogen and oxygen atoms in total. The summed E-state index contributed by atoms with van der Waals surface area (Å²) in [5.41, 5.74) is 0.885. The number of benzene rings is 1. The Morgan fingerprint density at radius 1 is 1.50 bits per heavy atom. The summed E-state index contributed by atoms with van der Waals surface area (Å²) in [6, 6.07) is 6.16. The molecule has 1 saturated heterocycles. The van der Waals surface area contributed by atoms with Crippen LogP contribution in [0.5, 0.6) is 5.75 Å². The predicted molar refractivity (Wildman–Crippen MR) is 82.9 cm³/mol. The van der Waals surface area contributed by atoms with E-state index in [4.69, 9.17) is 21.1 Å². The molecule has 0 bridgehead atoms. The maximum absolute atomic E-state index is 6.18. The van der Waals surface area contributed by atoms with Crippen molar-refractivity contribution in [3.8, 4) is 5.75 Å². The predicted octanol–water partition coefficient (Wildman–Crippen LogP) is 2.87. The van der Waals surface area contributed by atoms with Crippen LogP contribution in [-0.4, -0.2) is 50.4 Å². The van der Waals surface area contributed by atoms with E-state index in [1.54, 1.807) is 7.11 Å². The molecule has 1 aromatic rings. The molecule has 2 rings (SSSR count). The Labute approximate surface area is 126 Å². The molecule has 0 spiro atoms. The first-order valence-corrected chi connectivity index (χ1v) is 7.41. The summed E-state index contributed by atoms with van der Waals surface area (Å²) in [5.74, 6) is 0.797. The lowest BCUT2D eigenvalue weighted by atomic mass is 10.2. The van der Waals surface area contributed by atoms with E-state index in [0.717, 1.165) is 37.7 Å². The molecule has 20 heavy (non-hydrogen) atoms. The number of halogens is 1. The molecular formula is C15H23ClN2O2. The van der Waals surface area contributed by atoms with Crippen LogP contribution >= 0.6 is 11.6 Å². The minimum Gasteiger partial charge on any atom is -0.497 e. The molecule has 1 aromatic carbocycles. The zero-order valence-electron chi connectivity index (χ0n) is 12.4. The largest absolute Gasteiger partial charge is 0.497 e. The lowest BCUT2D eigenvalue weighted by Gasteiger charge is -2.35. The van der Waals surface area contributed by atoms with Gasteiger partial charge in [-0.15, -0.1) is 0 Å². The van der Waals surface area contributed by atoms with E-state index < -0.39 is 0 Å². The lowest BCUT2D eigenvalue weighted by Crippen LogP contribution is -2.48. The Morgan fingerprint density at radius 2 is 2.30 bits per heavy atom. The van der Waals surface area contributed by atoms with Gasteiger partial charge in [-0.3, -0.25) is 4.90 Å². The number of rotatable bonds is 5. The molecule has 1 heterocycles. The standard InChI is InChI=1S/C15H23ClN2O2/c1-11(2)18-6-7-20-13(10-18)9-17-15-8-12(19-3)4-5-14(15)16/h4-5,8,11,13,17H,6-7,9-10H2,1-3H3. The monoisotopic (exact) mass is 298 g/mol. The van der Waals surface area contributed by atoms with Crippen molar-refractivity contribution in [2.24, 2.45) is 0 Å². The van der Waals surface area contributed by atoms with E-state index >= 15 is 0 Å². The topological polar surface area (TPSA) is 33.7 Å². The van der Waals surface area contributed by atoms with Gasteiger partial charge >= 0.3 is 0 Å². The summed E-state index contributed by atoms with van der Waals surface area (Å²) in [4.78, 5) is 2.43. The summed E-state index contributed by atoms with van der Waals surface area (Å²) in [6.07, 6.45) is 0.188. The number of nitrogens with zero attached hydrogens (tertiary/aromatic N) is 1. The minimum absolute atomic E-state index is 0.188. The molecule has 0 amide bonds. The molecule has 0 radical (unpaired) electrons. The van der Waals surface area contributed by atoms with Gasteiger partial charge in [-0.2, -0.15) is 0 Å². The Balaban J connectivity index is 1.91. The summed E-state index contributed by atoms with van der Waals surface area (Å²) >= 11 is 6.18. The van der Waals surface area contributed by atoms with Gasteiger partial charge in [0.05, 0.1) is 30.5 Å². The lowest BCUT2D eigenvalue weighted by molar-refractivity contribution is -0.0315. The van der Waals surface area contributed by atoms with Gasteiger partial charge in [0.2, 0.25) is 0 Å². The Morgan fingerprint density at radius 3 is 3.00 bits per heavy atom. The molecule has 0 saturated carbocycles. The molecule has 1 fully saturated rings. The van der Waals surface area contributed by atoms with Gasteiger partial charge in [-0.1, -0.05) is 11.6 Å². The molecule has 0 aromatic heterocycles. The number of methoxy groups -OCH3 is 1. The second-order valence-electron chi connectivity index (χ2n) is 5.31. The SMILES string of the molecule is COc1ccc(Cl)c(NCC2CN(C(C)C)CCO2)c1. The maximum Gasteiger partial charge on any atom is 0.121 e. The highest BCUT2D eigenvalue weighted by molar-refractivity contribution is 6.33. The Kier molecular flexibility index (Phi) is 5.52. The van der Waals surface area contributed by atoms with Crippen molar-refractivity contribution in [3.63, 3.8) is 0 Å². The number of ether oxygens (including phenoxy) is 2. The third kappa shape index (κ3) is 4.01. The summed E-state index contributed by atoms with van der Waals surface area (Å²) in [5, 5.41) is 4.05. The zero-order valence-corrected chi connectivity index (χ0v) is 13.1. The molecule has 1 aliphatic rings. The maximum atomic E-state index is 6.18. The van der Waals surface area contributed by atoms with Crippen molar-refractivity contribution in [3.05, 3.63) is 23.2 Å². The fraction of sp³-hybridized carbons (Fsp3) is 0.600. The first-order chi connectivity index (χ1) is 9.60. The smallest absolute Gasteiger partial charge is 0.121 e. The number of morpholine rings is 1. The van der Waals surface area contributed by atoms with Crippen molar-refractivity contribution in [1.29, 1.82) is 0 Å². The number of nitrogens with one attached hydrogen (secondary N) is 1. The Bertz CT molecular complexity index is 440. The Hall–Kier alpha value is -0.970. The van der Waals surface area contributed by atoms with E-state index in [-0.39, 0.29) is 6.10 Å². The molecule has 0 aliphatic carbocycles. The van der Waals surface area contributed by atoms with Crippen LogP contribution in [0.2, 0.25) is 5.02 Å². The van der Waals surface area contributed by atoms with Crippen molar-refractivity contribution in [2.75, 3.05) is 38.7 Å². The number of anilines is 1. The van der Waals surface area contributed by atoms with Crippen LogP contribution < -0.4 is 10.1 Å². The van der Waals surface area contributed by atoms with Crippen molar-refractivity contribution in [1.82, 2.24) is 4.90 Å². The fourth-order valence-electron chi connectivity index (χ4n) is 2.33. The van der Waals surface area contributed by atoms with Gasteiger partial charge in [0, 0.05) is 31.7 Å². The van der Waals surface area contributed by atoms with E-state index in [1.165, 1.54) is 0 Å². The van der Waals surface area contributed by atoms with Gasteiger partial charge < -0.3 is 14.8 Å². The van der Waals surface area contributed by atoms with Crippen molar-refractivity contribution in [2.45, 2.75) is 26.0 Å². The van der Waals surface area contributed by atoms with Crippen LogP contribution in [0.3, 0.4) is 0 Å². The fourth-order valence-corrected chi connectivity index (χ4v) is 2.51. The van der Waals surface area contributed by atoms with Gasteiger partial charge in [-0.05, 0) is 26.0 Å². The first kappa shape index (κ1) is 15.4. The zero-order chi connectivity index (χ0) is 14.5. The van der Waals surface area contributed by atoms with Crippen LogP contribution in [-0.2, 0) is 4.74 Å². The molecule has 1 atom stereocenters. The third-order valence-corrected chi connectivity index (χ3v) is 3.92. The average molecular weight is 299 g/mol. The second kappa shape index (κ2) is 7.16. The summed E-state index contributed by atoms with van der Waals surface area (Å²) < 4.78 is 11.0. The number of hydrogen-bond donors (Lipinski definition) is 1. The van der Waals surface area contributed by atoms with Crippen LogP contribution in [0, 0.1) is 0 Å². The first-order valence-electron chi connectivity index (χ1n) is 7.03. The van der Waals surface area contributed by atoms with E-state index in [1.807, 2.05) is 18.2 Å². The third-order valence-electron chi connectivity index (χ3n) is 3.59. The molecule has 1 unspecified atom stereocenters. The summed E-state index contributed by atoms with van der Waals surface area (Å²) in [6.45, 7) is 7.93. The molecule has 1 N–H and O–H groups in total. The van der Waals surface area contributed by atoms with Crippen molar-refractivity contribution >= 4 is 17.3 Å². The average Bonchev–Trinajstić information content (AvgIpc) is 2.46. The quantitative estimate of drug-likeness (QED) is 0.906. The second-order valence-corrected chi connectivity index (χ2v) is 5.72. The number of hydrogen-bond acceptors (Lipinski definition) is 4. The minimum atomic E-state index is 0.188. The highest BCUT2D eigenvalue weighted by atomic mass is 35.5. The molecule has 112 valence electrons. The van der Waals surface area contributed by atoms with Crippen molar-refractivity contribution < 1.29 is 9.47 Å². The van der Waals surface area contributed by atoms with E-state index in [9.17, 15) is 0 Å². The van der Waals surface area contributed by atoms with Gasteiger partial charge in [0.25, 0.3) is 0 Å². The molecule has 1 aliphatic heterocycles. The van der Waals surface area contributed by atoms with Crippen LogP contribution in [0.4, 0.5) is 5.69 Å². The van der Waals surface area contributed by atoms with Gasteiger partial charge in [0.1, 0.15) is 5.75 Å². The van der Waals surface area contributed by atoms with Crippen LogP contribution in [0.25, 0.3) is 0 Å². The van der Waals surface area contributed by atoms with Crippen LogP contribution in [0.15, 0.2) is 18.2 Å². The van der Waals surface area contributed by atoms with Gasteiger partial charge in [-0.25, -0.2) is 0 Å². The highest BCUT2D eigenvalue weighted by Crippen LogP contribution is 2.26. The van der Waals surface area contributed by atoms with E-state index in [0.29, 0.717) is 11.1 Å². The molecular weight excluding hydrogens is 276 g/mol. The van der Waals surface area contributed by atoms with Crippen LogP contribution in [0.1, 0.15) is 13.8 Å². The normalized spacial score (nSPS) is 20.1. The molecule has 5 heteroatoms. The highest BCUT2D eigenvalue weighted by Gasteiger charge is 2.22. The van der Waals surface area contributed by atoms with Gasteiger partial charge in [0.15, 0.2) is 0 Å². The van der Waals surface area contributed by atoms with E-state index in [2.05, 4.69) is 24.1 Å². The summed E-state index contributed by atoms with van der Waals surface area (Å²) in [7, 11) is 1.65.